The van der Waals surface area contributed by atoms with Crippen LogP contribution in [0.3, 0.4) is 0 Å². The quantitative estimate of drug-likeness (QED) is 0.125. The van der Waals surface area contributed by atoms with Crippen LogP contribution < -0.4 is 15.9 Å². The second kappa shape index (κ2) is 10.9. The van der Waals surface area contributed by atoms with Crippen LogP contribution >= 0.6 is 6.89 Å². The van der Waals surface area contributed by atoms with Crippen molar-refractivity contribution in [3.63, 3.8) is 0 Å². The molecule has 5 heteroatoms. The van der Waals surface area contributed by atoms with Gasteiger partial charge in [-0.25, -0.2) is 4.79 Å². The average Bonchev–Trinajstić information content (AvgIpc) is 2.93. The van der Waals surface area contributed by atoms with Crippen molar-refractivity contribution >= 4 is 45.6 Å². The SMILES string of the molecule is CCOC(=O)C(=O)C(C(=O)c1ccccc1)=P(c1ccccc1)(c1ccccc1)c1ccccc1. The van der Waals surface area contributed by atoms with E-state index in [0.29, 0.717) is 5.56 Å². The van der Waals surface area contributed by atoms with Gasteiger partial charge in [0.15, 0.2) is 5.78 Å². The minimum Gasteiger partial charge on any atom is -0.460 e. The van der Waals surface area contributed by atoms with Gasteiger partial charge in [0.1, 0.15) is 0 Å². The van der Waals surface area contributed by atoms with Gasteiger partial charge in [-0.2, -0.15) is 0 Å². The van der Waals surface area contributed by atoms with Gasteiger partial charge >= 0.3 is 5.97 Å². The average molecular weight is 481 g/mol. The zero-order valence-corrected chi connectivity index (χ0v) is 20.2. The van der Waals surface area contributed by atoms with Gasteiger partial charge in [0.25, 0.3) is 5.78 Å². The molecule has 0 atom stereocenters. The summed E-state index contributed by atoms with van der Waals surface area (Å²) in [6, 6.07) is 37.1. The molecule has 174 valence electrons. The normalized spacial score (nSPS) is 10.9. The Hall–Kier alpha value is -4.01. The molecule has 0 saturated carbocycles. The van der Waals surface area contributed by atoms with Crippen LogP contribution in [-0.2, 0) is 14.3 Å². The Bertz CT molecular complexity index is 1280. The van der Waals surface area contributed by atoms with Crippen LogP contribution in [0, 0.1) is 0 Å². The molecule has 35 heavy (non-hydrogen) atoms. The number of carbonyl (C=O) groups is 3. The molecule has 0 unspecified atom stereocenters. The van der Waals surface area contributed by atoms with Crippen molar-refractivity contribution in [2.75, 3.05) is 6.61 Å². The van der Waals surface area contributed by atoms with E-state index in [-0.39, 0.29) is 11.9 Å². The van der Waals surface area contributed by atoms with Crippen molar-refractivity contribution in [2.45, 2.75) is 6.92 Å². The highest BCUT2D eigenvalue weighted by molar-refractivity contribution is 7.98. The highest BCUT2D eigenvalue weighted by atomic mass is 31.2. The summed E-state index contributed by atoms with van der Waals surface area (Å²) in [7, 11) is 0. The molecule has 0 aliphatic heterocycles. The fourth-order valence-electron chi connectivity index (χ4n) is 4.22. The van der Waals surface area contributed by atoms with Crippen molar-refractivity contribution in [3.05, 3.63) is 127 Å². The predicted molar refractivity (Wildman–Crippen MR) is 143 cm³/mol. The molecule has 0 fully saturated rings. The first-order valence-electron chi connectivity index (χ1n) is 11.3. The molecule has 0 N–H and O–H groups in total. The fourth-order valence-corrected chi connectivity index (χ4v) is 8.57. The second-order valence-electron chi connectivity index (χ2n) is 7.77. The molecule has 4 aromatic carbocycles. The third-order valence-electron chi connectivity index (χ3n) is 5.69. The first-order chi connectivity index (χ1) is 17.1. The van der Waals surface area contributed by atoms with Gasteiger partial charge < -0.3 is 4.74 Å². The van der Waals surface area contributed by atoms with E-state index in [1.807, 2.05) is 91.0 Å². The first-order valence-corrected chi connectivity index (χ1v) is 13.1. The Balaban J connectivity index is 2.27. The van der Waals surface area contributed by atoms with Gasteiger partial charge in [-0.15, -0.1) is 0 Å². The molecule has 0 aliphatic rings. The lowest BCUT2D eigenvalue weighted by molar-refractivity contribution is -0.150. The van der Waals surface area contributed by atoms with E-state index in [4.69, 9.17) is 4.74 Å². The summed E-state index contributed by atoms with van der Waals surface area (Å²) in [4.78, 5) is 41.1. The molecular formula is C30H25O4P. The first kappa shape index (κ1) is 24.1. The number of hydrogen-bond acceptors (Lipinski definition) is 4. The zero-order chi connectivity index (χ0) is 24.7. The standard InChI is InChI=1S/C30H25O4P/c1-2-34-30(33)28(32)29(27(31)23-15-7-3-8-16-23)35(24-17-9-4-10-18-24,25-19-11-5-12-20-25)26-21-13-6-14-22-26/h3-22H,2H2,1H3. The van der Waals surface area contributed by atoms with Crippen LogP contribution in [0.1, 0.15) is 17.3 Å². The Kier molecular flexibility index (Phi) is 7.54. The van der Waals surface area contributed by atoms with E-state index in [1.54, 1.807) is 37.3 Å². The molecule has 4 nitrogen and oxygen atoms in total. The molecular weight excluding hydrogens is 455 g/mol. The summed E-state index contributed by atoms with van der Waals surface area (Å²) >= 11 is 0. The summed E-state index contributed by atoms with van der Waals surface area (Å²) < 4.78 is 5.13. The molecule has 0 saturated heterocycles. The van der Waals surface area contributed by atoms with E-state index >= 15 is 0 Å². The number of hydrogen-bond donors (Lipinski definition) is 0. The summed E-state index contributed by atoms with van der Waals surface area (Å²) in [6.07, 6.45) is 0. The number of rotatable bonds is 8. The Morgan fingerprint density at radius 3 is 1.34 bits per heavy atom. The van der Waals surface area contributed by atoms with Crippen LogP contribution in [0.25, 0.3) is 0 Å². The molecule has 4 aromatic rings. The molecule has 0 heterocycles. The van der Waals surface area contributed by atoms with Gasteiger partial charge in [-0.05, 0) is 29.7 Å². The van der Waals surface area contributed by atoms with E-state index in [1.165, 1.54) is 0 Å². The van der Waals surface area contributed by atoms with Crippen molar-refractivity contribution in [2.24, 2.45) is 0 Å². The minimum atomic E-state index is -3.10. The van der Waals surface area contributed by atoms with E-state index in [2.05, 4.69) is 0 Å². The number of Topliss-reactive ketones (excluding diaryl/α,β-unsaturated/α-hetero) is 2. The van der Waals surface area contributed by atoms with Crippen molar-refractivity contribution in [3.8, 4) is 0 Å². The number of esters is 1. The number of ether oxygens (including phenoxy) is 1. The highest BCUT2D eigenvalue weighted by Gasteiger charge is 2.39. The molecule has 0 spiro atoms. The van der Waals surface area contributed by atoms with Gasteiger partial charge in [-0.1, -0.05) is 121 Å². The molecule has 0 radical (unpaired) electrons. The van der Waals surface area contributed by atoms with Gasteiger partial charge in [0.05, 0.1) is 11.9 Å². The van der Waals surface area contributed by atoms with Crippen LogP contribution in [0.4, 0.5) is 0 Å². The molecule has 0 aliphatic carbocycles. The summed E-state index contributed by atoms with van der Waals surface area (Å²) in [5.74, 6) is -2.42. The number of benzene rings is 4. The molecule has 4 rings (SSSR count). The molecule has 0 amide bonds. The second-order valence-corrected chi connectivity index (χ2v) is 11.1. The molecule has 0 bridgehead atoms. The van der Waals surface area contributed by atoms with Gasteiger partial charge in [0.2, 0.25) is 0 Å². The van der Waals surface area contributed by atoms with Crippen molar-refractivity contribution in [1.29, 1.82) is 0 Å². The lowest BCUT2D eigenvalue weighted by Gasteiger charge is -2.31. The lowest BCUT2D eigenvalue weighted by atomic mass is 10.1. The third kappa shape index (κ3) is 4.66. The van der Waals surface area contributed by atoms with Crippen LogP contribution in [-0.4, -0.2) is 29.4 Å². The van der Waals surface area contributed by atoms with E-state index in [0.717, 1.165) is 15.9 Å². The smallest absolute Gasteiger partial charge is 0.379 e. The van der Waals surface area contributed by atoms with E-state index < -0.39 is 24.4 Å². The maximum atomic E-state index is 14.2. The van der Waals surface area contributed by atoms with Gasteiger partial charge in [-0.3, -0.25) is 9.59 Å². The lowest BCUT2D eigenvalue weighted by Crippen LogP contribution is -2.40. The van der Waals surface area contributed by atoms with Gasteiger partial charge in [0, 0.05) is 5.56 Å². The van der Waals surface area contributed by atoms with Crippen molar-refractivity contribution in [1.82, 2.24) is 0 Å². The Morgan fingerprint density at radius 2 is 0.971 bits per heavy atom. The topological polar surface area (TPSA) is 60.4 Å². The van der Waals surface area contributed by atoms with Crippen LogP contribution in [0.5, 0.6) is 0 Å². The highest BCUT2D eigenvalue weighted by Crippen LogP contribution is 2.47. The van der Waals surface area contributed by atoms with Crippen LogP contribution in [0.2, 0.25) is 0 Å². The Labute approximate surface area is 205 Å². The number of ketones is 2. The predicted octanol–water partition coefficient (Wildman–Crippen LogP) is 4.17. The zero-order valence-electron chi connectivity index (χ0n) is 19.3. The van der Waals surface area contributed by atoms with E-state index in [9.17, 15) is 14.4 Å². The largest absolute Gasteiger partial charge is 0.460 e. The monoisotopic (exact) mass is 480 g/mol. The van der Waals surface area contributed by atoms with Crippen LogP contribution in [0.15, 0.2) is 121 Å². The Morgan fingerprint density at radius 1 is 0.600 bits per heavy atom. The third-order valence-corrected chi connectivity index (χ3v) is 9.99. The number of carbonyl (C=O) groups excluding carboxylic acids is 3. The summed E-state index contributed by atoms with van der Waals surface area (Å²) in [5, 5.41) is 2.34. The maximum Gasteiger partial charge on any atom is 0.379 e. The van der Waals surface area contributed by atoms with Crippen molar-refractivity contribution < 1.29 is 19.1 Å². The summed E-state index contributed by atoms with van der Waals surface area (Å²) in [6.45, 7) is -1.43. The molecule has 0 aromatic heterocycles. The maximum absolute atomic E-state index is 14.2. The fraction of sp³-hybridized carbons (Fsp3) is 0.0667. The minimum absolute atomic E-state index is 0.0326. The summed E-state index contributed by atoms with van der Waals surface area (Å²) in [5.41, 5.74) is 0.340.